The Hall–Kier alpha value is -1.33. The molecule has 0 radical (unpaired) electrons. The van der Waals surface area contributed by atoms with Crippen LogP contribution in [0.25, 0.3) is 0 Å². The molecule has 1 fully saturated rings. The molecule has 108 valence electrons. The van der Waals surface area contributed by atoms with E-state index in [4.69, 9.17) is 9.31 Å². The summed E-state index contributed by atoms with van der Waals surface area (Å²) in [5.74, 6) is -0.0841. The topological polar surface area (TPSA) is 47.6 Å². The first kappa shape index (κ1) is 15.1. The third kappa shape index (κ3) is 2.60. The van der Waals surface area contributed by atoms with E-state index in [1.54, 1.807) is 0 Å². The second-order valence-electron chi connectivity index (χ2n) is 6.29. The van der Waals surface area contributed by atoms with Crippen molar-refractivity contribution >= 4 is 24.2 Å². The van der Waals surface area contributed by atoms with Crippen molar-refractivity contribution in [2.45, 2.75) is 52.7 Å². The highest BCUT2D eigenvalue weighted by Crippen LogP contribution is 2.36. The van der Waals surface area contributed by atoms with E-state index in [0.29, 0.717) is 0 Å². The number of anilines is 1. The number of amides is 1. The van der Waals surface area contributed by atoms with Crippen LogP contribution in [-0.4, -0.2) is 24.2 Å². The van der Waals surface area contributed by atoms with Gasteiger partial charge in [-0.1, -0.05) is 12.1 Å². The molecule has 1 heterocycles. The molecule has 1 N–H and O–H groups in total. The Morgan fingerprint density at radius 3 is 2.20 bits per heavy atom. The first-order chi connectivity index (χ1) is 9.14. The van der Waals surface area contributed by atoms with Crippen LogP contribution in [0.4, 0.5) is 5.69 Å². The summed E-state index contributed by atoms with van der Waals surface area (Å²) in [5, 5.41) is 2.83. The average molecular weight is 275 g/mol. The summed E-state index contributed by atoms with van der Waals surface area (Å²) in [6.07, 6.45) is 0. The van der Waals surface area contributed by atoms with Gasteiger partial charge in [-0.2, -0.15) is 0 Å². The van der Waals surface area contributed by atoms with E-state index in [2.05, 4.69) is 5.32 Å². The normalized spacial score (nSPS) is 20.0. The van der Waals surface area contributed by atoms with Gasteiger partial charge in [0, 0.05) is 12.6 Å². The molecule has 1 saturated heterocycles. The zero-order chi connectivity index (χ0) is 15.1. The molecule has 0 atom stereocenters. The van der Waals surface area contributed by atoms with Crippen LogP contribution in [0.3, 0.4) is 0 Å². The summed E-state index contributed by atoms with van der Waals surface area (Å²) in [5.41, 5.74) is 1.99. The molecule has 5 heteroatoms. The minimum atomic E-state index is -0.409. The molecule has 0 bridgehead atoms. The zero-order valence-electron chi connectivity index (χ0n) is 13.0. The fourth-order valence-corrected chi connectivity index (χ4v) is 2.20. The maximum atomic E-state index is 11.2. The van der Waals surface area contributed by atoms with Crippen molar-refractivity contribution < 1.29 is 14.1 Å². The first-order valence-electron chi connectivity index (χ1n) is 6.87. The predicted octanol–water partition coefficient (Wildman–Crippen LogP) is 2.25. The second-order valence-corrected chi connectivity index (χ2v) is 6.29. The van der Waals surface area contributed by atoms with E-state index in [1.807, 2.05) is 52.8 Å². The quantitative estimate of drug-likeness (QED) is 0.842. The summed E-state index contributed by atoms with van der Waals surface area (Å²) < 4.78 is 12.1. The van der Waals surface area contributed by atoms with Crippen LogP contribution in [0.5, 0.6) is 0 Å². The number of carbonyl (C=O) groups excluding carboxylic acids is 1. The lowest BCUT2D eigenvalue weighted by molar-refractivity contribution is -0.114. The summed E-state index contributed by atoms with van der Waals surface area (Å²) in [6.45, 7) is 11.6. The van der Waals surface area contributed by atoms with Crippen LogP contribution in [-0.2, 0) is 14.1 Å². The Bertz CT molecular complexity index is 524. The monoisotopic (exact) mass is 275 g/mol. The van der Waals surface area contributed by atoms with Gasteiger partial charge in [-0.3, -0.25) is 4.79 Å². The summed E-state index contributed by atoms with van der Waals surface area (Å²) in [7, 11) is -0.409. The van der Waals surface area contributed by atoms with Gasteiger partial charge in [-0.15, -0.1) is 0 Å². The van der Waals surface area contributed by atoms with E-state index in [9.17, 15) is 4.79 Å². The lowest BCUT2D eigenvalue weighted by Crippen LogP contribution is -2.41. The van der Waals surface area contributed by atoms with E-state index < -0.39 is 7.12 Å². The predicted molar refractivity (Wildman–Crippen MR) is 81.2 cm³/mol. The fraction of sp³-hybridized carbons (Fsp3) is 0.533. The second kappa shape index (κ2) is 4.90. The van der Waals surface area contributed by atoms with Crippen LogP contribution < -0.4 is 10.8 Å². The maximum absolute atomic E-state index is 11.2. The van der Waals surface area contributed by atoms with Gasteiger partial charge >= 0.3 is 7.12 Å². The Kier molecular flexibility index (Phi) is 3.69. The molecule has 20 heavy (non-hydrogen) atoms. The molecule has 0 unspecified atom stereocenters. The van der Waals surface area contributed by atoms with E-state index in [-0.39, 0.29) is 17.1 Å². The lowest BCUT2D eigenvalue weighted by atomic mass is 9.76. The Labute approximate surface area is 121 Å². The Balaban J connectivity index is 2.34. The smallest absolute Gasteiger partial charge is 0.399 e. The summed E-state index contributed by atoms with van der Waals surface area (Å²) >= 11 is 0. The number of nitrogens with one attached hydrogen (secondary N) is 1. The van der Waals surface area contributed by atoms with Crippen molar-refractivity contribution in [3.63, 3.8) is 0 Å². The van der Waals surface area contributed by atoms with Crippen LogP contribution in [0, 0.1) is 6.92 Å². The van der Waals surface area contributed by atoms with Crippen molar-refractivity contribution in [2.75, 3.05) is 5.32 Å². The molecule has 0 aromatic heterocycles. The highest BCUT2D eigenvalue weighted by Gasteiger charge is 2.52. The molecule has 4 nitrogen and oxygen atoms in total. The van der Waals surface area contributed by atoms with Crippen LogP contribution in [0.2, 0.25) is 0 Å². The Morgan fingerprint density at radius 2 is 1.70 bits per heavy atom. The van der Waals surface area contributed by atoms with Gasteiger partial charge in [0.05, 0.1) is 11.2 Å². The van der Waals surface area contributed by atoms with E-state index in [1.165, 1.54) is 6.92 Å². The molecule has 1 aliphatic rings. The minimum Gasteiger partial charge on any atom is -0.399 e. The van der Waals surface area contributed by atoms with Gasteiger partial charge in [0.25, 0.3) is 0 Å². The fourth-order valence-electron chi connectivity index (χ4n) is 2.20. The molecule has 0 aliphatic carbocycles. The third-order valence-corrected chi connectivity index (χ3v) is 4.19. The maximum Gasteiger partial charge on any atom is 0.495 e. The molecule has 1 aromatic rings. The molecule has 2 rings (SSSR count). The number of rotatable bonds is 2. The average Bonchev–Trinajstić information content (AvgIpc) is 2.50. The molecule has 0 spiro atoms. The highest BCUT2D eigenvalue weighted by atomic mass is 16.7. The molecular formula is C15H22BNO3. The number of hydrogen-bond acceptors (Lipinski definition) is 3. The van der Waals surface area contributed by atoms with Gasteiger partial charge in [0.1, 0.15) is 0 Å². The minimum absolute atomic E-state index is 0.0841. The number of carbonyl (C=O) groups is 1. The zero-order valence-corrected chi connectivity index (χ0v) is 13.0. The van der Waals surface area contributed by atoms with Crippen molar-refractivity contribution in [2.24, 2.45) is 0 Å². The Morgan fingerprint density at radius 1 is 1.15 bits per heavy atom. The summed E-state index contributed by atoms with van der Waals surface area (Å²) in [6, 6.07) is 5.76. The largest absolute Gasteiger partial charge is 0.495 e. The standard InChI is InChI=1S/C15H22BNO3/c1-10-12(8-7-9-13(10)17-11(2)18)16-19-14(3,4)15(5,6)20-16/h7-9H,1-6H3,(H,17,18). The SMILES string of the molecule is CC(=O)Nc1cccc(B2OC(C)(C)C(C)(C)O2)c1C. The van der Waals surface area contributed by atoms with Crippen molar-refractivity contribution in [3.8, 4) is 0 Å². The molecular weight excluding hydrogens is 253 g/mol. The lowest BCUT2D eigenvalue weighted by Gasteiger charge is -2.32. The number of hydrogen-bond donors (Lipinski definition) is 1. The summed E-state index contributed by atoms with van der Waals surface area (Å²) in [4.78, 5) is 11.2. The van der Waals surface area contributed by atoms with Crippen molar-refractivity contribution in [3.05, 3.63) is 23.8 Å². The van der Waals surface area contributed by atoms with Gasteiger partial charge in [-0.25, -0.2) is 0 Å². The molecule has 1 amide bonds. The van der Waals surface area contributed by atoms with E-state index >= 15 is 0 Å². The highest BCUT2D eigenvalue weighted by molar-refractivity contribution is 6.62. The van der Waals surface area contributed by atoms with Gasteiger partial charge in [0.2, 0.25) is 5.91 Å². The van der Waals surface area contributed by atoms with Crippen LogP contribution >= 0.6 is 0 Å². The van der Waals surface area contributed by atoms with Gasteiger partial charge in [0.15, 0.2) is 0 Å². The van der Waals surface area contributed by atoms with Gasteiger partial charge < -0.3 is 14.6 Å². The molecule has 0 saturated carbocycles. The first-order valence-corrected chi connectivity index (χ1v) is 6.87. The molecule has 1 aromatic carbocycles. The van der Waals surface area contributed by atoms with Crippen molar-refractivity contribution in [1.29, 1.82) is 0 Å². The van der Waals surface area contributed by atoms with Gasteiger partial charge in [-0.05, 0) is 51.7 Å². The third-order valence-electron chi connectivity index (χ3n) is 4.19. The van der Waals surface area contributed by atoms with Crippen LogP contribution in [0.1, 0.15) is 40.2 Å². The van der Waals surface area contributed by atoms with Crippen LogP contribution in [0.15, 0.2) is 18.2 Å². The van der Waals surface area contributed by atoms with Crippen molar-refractivity contribution in [1.82, 2.24) is 0 Å². The van der Waals surface area contributed by atoms with E-state index in [0.717, 1.165) is 16.7 Å². The molecule has 1 aliphatic heterocycles. The number of benzene rings is 1.